The zero-order valence-electron chi connectivity index (χ0n) is 11.4. The van der Waals surface area contributed by atoms with Crippen LogP contribution in [0.4, 0.5) is 0 Å². The lowest BCUT2D eigenvalue weighted by atomic mass is 10.1. The van der Waals surface area contributed by atoms with Gasteiger partial charge in [-0.3, -0.25) is 4.79 Å². The van der Waals surface area contributed by atoms with Gasteiger partial charge in [0.2, 0.25) is 5.91 Å². The van der Waals surface area contributed by atoms with Crippen molar-refractivity contribution in [2.75, 3.05) is 0 Å². The fourth-order valence-corrected chi connectivity index (χ4v) is 1.62. The number of benzene rings is 1. The molecule has 3 N–H and O–H groups in total. The molecule has 4 nitrogen and oxygen atoms in total. The highest BCUT2D eigenvalue weighted by atomic mass is 16.5. The van der Waals surface area contributed by atoms with Crippen LogP contribution in [-0.4, -0.2) is 18.1 Å². The Morgan fingerprint density at radius 1 is 1.22 bits per heavy atom. The van der Waals surface area contributed by atoms with Crippen molar-refractivity contribution < 1.29 is 9.53 Å². The van der Waals surface area contributed by atoms with Crippen LogP contribution in [0.1, 0.15) is 39.3 Å². The number of amides is 1. The van der Waals surface area contributed by atoms with Crippen molar-refractivity contribution >= 4 is 5.91 Å². The van der Waals surface area contributed by atoms with Crippen LogP contribution in [-0.2, 0) is 4.79 Å². The van der Waals surface area contributed by atoms with Gasteiger partial charge in [0.1, 0.15) is 5.75 Å². The molecule has 1 unspecified atom stereocenters. The molecule has 0 aliphatic rings. The number of hydrogen-bond donors (Lipinski definition) is 2. The van der Waals surface area contributed by atoms with Gasteiger partial charge in [-0.2, -0.15) is 0 Å². The van der Waals surface area contributed by atoms with Crippen molar-refractivity contribution in [1.29, 1.82) is 0 Å². The molecule has 4 heteroatoms. The first-order chi connectivity index (χ1) is 8.41. The minimum Gasteiger partial charge on any atom is -0.491 e. The Morgan fingerprint density at radius 3 is 2.39 bits per heavy atom. The second-order valence-corrected chi connectivity index (χ2v) is 4.72. The molecule has 18 heavy (non-hydrogen) atoms. The van der Waals surface area contributed by atoms with E-state index in [1.165, 1.54) is 0 Å². The fraction of sp³-hybridized carbons (Fsp3) is 0.500. The minimum absolute atomic E-state index is 0.0995. The molecule has 2 atom stereocenters. The molecule has 0 aromatic heterocycles. The molecule has 0 fully saturated rings. The van der Waals surface area contributed by atoms with Gasteiger partial charge in [0.25, 0.3) is 0 Å². The van der Waals surface area contributed by atoms with Gasteiger partial charge in [0, 0.05) is 5.56 Å². The lowest BCUT2D eigenvalue weighted by Crippen LogP contribution is -2.39. The standard InChI is InChI=1S/C14H22N2O2/c1-9(2)18-13-8-6-5-7-12(13)11(4)16-14(17)10(3)15/h5-11H,15H2,1-4H3,(H,16,17)/t10-,11?/m0/s1. The molecule has 0 spiro atoms. The van der Waals surface area contributed by atoms with Crippen LogP contribution in [0.2, 0.25) is 0 Å². The number of ether oxygens (including phenoxy) is 1. The zero-order chi connectivity index (χ0) is 13.7. The Morgan fingerprint density at radius 2 is 1.83 bits per heavy atom. The van der Waals surface area contributed by atoms with Crippen LogP contribution in [0.5, 0.6) is 5.75 Å². The van der Waals surface area contributed by atoms with Crippen molar-refractivity contribution in [2.24, 2.45) is 5.73 Å². The number of rotatable bonds is 5. The summed E-state index contributed by atoms with van der Waals surface area (Å²) in [6.45, 7) is 7.53. The second kappa shape index (κ2) is 6.40. The summed E-state index contributed by atoms with van der Waals surface area (Å²) >= 11 is 0. The summed E-state index contributed by atoms with van der Waals surface area (Å²) in [5.74, 6) is 0.631. The summed E-state index contributed by atoms with van der Waals surface area (Å²) in [4.78, 5) is 11.6. The van der Waals surface area contributed by atoms with Gasteiger partial charge >= 0.3 is 0 Å². The van der Waals surface area contributed by atoms with Crippen LogP contribution >= 0.6 is 0 Å². The van der Waals surface area contributed by atoms with Crippen molar-refractivity contribution in [3.05, 3.63) is 29.8 Å². The van der Waals surface area contributed by atoms with Gasteiger partial charge in [-0.05, 0) is 33.8 Å². The van der Waals surface area contributed by atoms with Gasteiger partial charge in [-0.25, -0.2) is 0 Å². The molecule has 0 heterocycles. The van der Waals surface area contributed by atoms with E-state index in [0.29, 0.717) is 0 Å². The second-order valence-electron chi connectivity index (χ2n) is 4.72. The monoisotopic (exact) mass is 250 g/mol. The third-order valence-electron chi connectivity index (χ3n) is 2.52. The number of para-hydroxylation sites is 1. The molecule has 0 saturated carbocycles. The smallest absolute Gasteiger partial charge is 0.237 e. The van der Waals surface area contributed by atoms with E-state index >= 15 is 0 Å². The number of carbonyl (C=O) groups excluding carboxylic acids is 1. The van der Waals surface area contributed by atoms with E-state index in [1.54, 1.807) is 6.92 Å². The highest BCUT2D eigenvalue weighted by Crippen LogP contribution is 2.25. The molecular weight excluding hydrogens is 228 g/mol. The van der Waals surface area contributed by atoms with Crippen LogP contribution in [0.15, 0.2) is 24.3 Å². The summed E-state index contributed by atoms with van der Waals surface area (Å²) in [7, 11) is 0. The Hall–Kier alpha value is -1.55. The molecule has 0 radical (unpaired) electrons. The largest absolute Gasteiger partial charge is 0.491 e. The molecule has 1 aromatic rings. The van der Waals surface area contributed by atoms with E-state index in [4.69, 9.17) is 10.5 Å². The quantitative estimate of drug-likeness (QED) is 0.840. The molecular formula is C14H22N2O2. The first kappa shape index (κ1) is 14.5. The number of carbonyl (C=O) groups is 1. The number of hydrogen-bond acceptors (Lipinski definition) is 3. The third-order valence-corrected chi connectivity index (χ3v) is 2.52. The Bertz CT molecular complexity index is 403. The summed E-state index contributed by atoms with van der Waals surface area (Å²) in [6.07, 6.45) is 0.0995. The highest BCUT2D eigenvalue weighted by Gasteiger charge is 2.16. The van der Waals surface area contributed by atoms with Crippen molar-refractivity contribution in [2.45, 2.75) is 45.9 Å². The van der Waals surface area contributed by atoms with E-state index in [0.717, 1.165) is 11.3 Å². The van der Waals surface area contributed by atoms with Gasteiger partial charge in [-0.1, -0.05) is 18.2 Å². The molecule has 1 aromatic carbocycles. The SMILES string of the molecule is CC(C)Oc1ccccc1C(C)NC(=O)[C@H](C)N. The fourth-order valence-electron chi connectivity index (χ4n) is 1.62. The third kappa shape index (κ3) is 4.04. The summed E-state index contributed by atoms with van der Waals surface area (Å²) in [5, 5.41) is 2.87. The molecule has 0 aliphatic heterocycles. The maximum Gasteiger partial charge on any atom is 0.237 e. The van der Waals surface area contributed by atoms with Crippen LogP contribution < -0.4 is 15.8 Å². The molecule has 1 amide bonds. The van der Waals surface area contributed by atoms with Gasteiger partial charge in [0.15, 0.2) is 0 Å². The Labute approximate surface area is 109 Å². The van der Waals surface area contributed by atoms with E-state index < -0.39 is 6.04 Å². The highest BCUT2D eigenvalue weighted by molar-refractivity contribution is 5.81. The molecule has 100 valence electrons. The van der Waals surface area contributed by atoms with Gasteiger partial charge in [0.05, 0.1) is 18.2 Å². The van der Waals surface area contributed by atoms with Crippen molar-refractivity contribution in [3.8, 4) is 5.75 Å². The first-order valence-electron chi connectivity index (χ1n) is 6.23. The Kier molecular flexibility index (Phi) is 5.16. The number of nitrogens with two attached hydrogens (primary N) is 1. The molecule has 0 aliphatic carbocycles. The van der Waals surface area contributed by atoms with Gasteiger partial charge in [-0.15, -0.1) is 0 Å². The van der Waals surface area contributed by atoms with Crippen LogP contribution in [0.3, 0.4) is 0 Å². The van der Waals surface area contributed by atoms with E-state index in [2.05, 4.69) is 5.32 Å². The Balaban J connectivity index is 2.84. The summed E-state index contributed by atoms with van der Waals surface area (Å²) in [5.41, 5.74) is 6.50. The van der Waals surface area contributed by atoms with E-state index in [1.807, 2.05) is 45.0 Å². The molecule has 1 rings (SSSR count). The summed E-state index contributed by atoms with van der Waals surface area (Å²) < 4.78 is 5.73. The summed E-state index contributed by atoms with van der Waals surface area (Å²) in [6, 6.07) is 7.07. The molecule has 0 saturated heterocycles. The van der Waals surface area contributed by atoms with Crippen molar-refractivity contribution in [1.82, 2.24) is 5.32 Å². The predicted molar refractivity (Wildman–Crippen MR) is 72.4 cm³/mol. The first-order valence-corrected chi connectivity index (χ1v) is 6.23. The minimum atomic E-state index is -0.509. The van der Waals surface area contributed by atoms with E-state index in [9.17, 15) is 4.79 Å². The molecule has 0 bridgehead atoms. The normalized spacial score (nSPS) is 14.1. The van der Waals surface area contributed by atoms with Gasteiger partial charge < -0.3 is 15.8 Å². The average molecular weight is 250 g/mol. The predicted octanol–water partition coefficient (Wildman–Crippen LogP) is 2.00. The lowest BCUT2D eigenvalue weighted by Gasteiger charge is -2.20. The van der Waals surface area contributed by atoms with Crippen LogP contribution in [0, 0.1) is 0 Å². The van der Waals surface area contributed by atoms with Crippen LogP contribution in [0.25, 0.3) is 0 Å². The lowest BCUT2D eigenvalue weighted by molar-refractivity contribution is -0.122. The zero-order valence-corrected chi connectivity index (χ0v) is 11.4. The average Bonchev–Trinajstić information content (AvgIpc) is 2.28. The number of nitrogens with one attached hydrogen (secondary N) is 1. The van der Waals surface area contributed by atoms with E-state index in [-0.39, 0.29) is 18.1 Å². The topological polar surface area (TPSA) is 64.3 Å². The maximum absolute atomic E-state index is 11.6. The maximum atomic E-state index is 11.6. The van der Waals surface area contributed by atoms with Crippen molar-refractivity contribution in [3.63, 3.8) is 0 Å².